The lowest BCUT2D eigenvalue weighted by atomic mass is 9.99. The van der Waals surface area contributed by atoms with Crippen molar-refractivity contribution in [3.63, 3.8) is 0 Å². The van der Waals surface area contributed by atoms with Gasteiger partial charge in [-0.3, -0.25) is 0 Å². The van der Waals surface area contributed by atoms with Gasteiger partial charge in [0.05, 0.1) is 7.11 Å². The fraction of sp³-hybridized carbons (Fsp3) is 0.600. The molecule has 0 spiro atoms. The maximum Gasteiger partial charge on any atom is 0.119 e. The topological polar surface area (TPSA) is 24.5 Å². The number of nitrogens with zero attached hydrogens (tertiary/aromatic N) is 1. The van der Waals surface area contributed by atoms with Crippen LogP contribution < -0.4 is 10.1 Å². The quantitative estimate of drug-likeness (QED) is 0.890. The number of hydrogen-bond donors (Lipinski definition) is 1. The van der Waals surface area contributed by atoms with Crippen molar-refractivity contribution in [1.82, 2.24) is 10.2 Å². The van der Waals surface area contributed by atoms with Crippen LogP contribution in [-0.2, 0) is 6.42 Å². The zero-order chi connectivity index (χ0) is 13.7. The van der Waals surface area contributed by atoms with E-state index >= 15 is 0 Å². The van der Waals surface area contributed by atoms with E-state index in [2.05, 4.69) is 54.3 Å². The summed E-state index contributed by atoms with van der Waals surface area (Å²) < 4.78 is 5.30. The molecule has 3 nitrogen and oxygen atoms in total. The van der Waals surface area contributed by atoms with Crippen molar-refractivity contribution in [3.8, 4) is 5.75 Å². The molecular formula is C15H24N2OS. The molecule has 1 aromatic carbocycles. The first-order valence-corrected chi connectivity index (χ1v) is 7.98. The van der Waals surface area contributed by atoms with Crippen molar-refractivity contribution in [2.45, 2.75) is 18.5 Å². The molecule has 2 rings (SSSR count). The van der Waals surface area contributed by atoms with Gasteiger partial charge >= 0.3 is 0 Å². The van der Waals surface area contributed by atoms with Crippen molar-refractivity contribution in [2.75, 3.05) is 39.3 Å². The Labute approximate surface area is 120 Å². The van der Waals surface area contributed by atoms with E-state index in [1.54, 1.807) is 7.11 Å². The highest BCUT2D eigenvalue weighted by molar-refractivity contribution is 7.99. The summed E-state index contributed by atoms with van der Waals surface area (Å²) in [5.74, 6) is 3.41. The van der Waals surface area contributed by atoms with Gasteiger partial charge in [-0.2, -0.15) is 11.8 Å². The molecule has 0 radical (unpaired) electrons. The van der Waals surface area contributed by atoms with Crippen LogP contribution in [0.1, 0.15) is 5.56 Å². The van der Waals surface area contributed by atoms with Crippen LogP contribution in [0.2, 0.25) is 0 Å². The highest BCUT2D eigenvalue weighted by atomic mass is 32.2. The van der Waals surface area contributed by atoms with E-state index in [0.717, 1.165) is 12.2 Å². The molecule has 0 aromatic heterocycles. The lowest BCUT2D eigenvalue weighted by Crippen LogP contribution is -2.52. The summed E-state index contributed by atoms with van der Waals surface area (Å²) >= 11 is 2.06. The van der Waals surface area contributed by atoms with E-state index in [-0.39, 0.29) is 0 Å². The summed E-state index contributed by atoms with van der Waals surface area (Å²) in [7, 11) is 6.03. The Morgan fingerprint density at radius 1 is 1.53 bits per heavy atom. The molecule has 1 aliphatic rings. The molecule has 2 atom stereocenters. The number of rotatable bonds is 5. The average Bonchev–Trinajstić information content (AvgIpc) is 2.46. The van der Waals surface area contributed by atoms with Crippen LogP contribution in [0.25, 0.3) is 0 Å². The van der Waals surface area contributed by atoms with Crippen LogP contribution in [0.5, 0.6) is 5.75 Å². The van der Waals surface area contributed by atoms with E-state index in [1.807, 2.05) is 6.07 Å². The van der Waals surface area contributed by atoms with Crippen molar-refractivity contribution >= 4 is 11.8 Å². The monoisotopic (exact) mass is 280 g/mol. The van der Waals surface area contributed by atoms with Gasteiger partial charge < -0.3 is 15.0 Å². The van der Waals surface area contributed by atoms with E-state index < -0.39 is 0 Å². The van der Waals surface area contributed by atoms with Crippen LogP contribution in [-0.4, -0.2) is 56.2 Å². The number of hydrogen-bond acceptors (Lipinski definition) is 4. The Morgan fingerprint density at radius 2 is 2.37 bits per heavy atom. The average molecular weight is 280 g/mol. The molecule has 0 bridgehead atoms. The number of nitrogens with one attached hydrogen (secondary N) is 1. The predicted molar refractivity (Wildman–Crippen MR) is 83.3 cm³/mol. The number of ether oxygens (including phenoxy) is 1. The Bertz CT molecular complexity index is 399. The third-order valence-corrected chi connectivity index (χ3v) is 4.92. The lowest BCUT2D eigenvalue weighted by Gasteiger charge is -2.37. The standard InChI is InChI=1S/C15H24N2OS/c1-16-14(15-11-19-8-7-17(15)2)10-12-5-4-6-13(9-12)18-3/h4-6,9,14-16H,7-8,10-11H2,1-3H3. The molecule has 19 heavy (non-hydrogen) atoms. The third kappa shape index (κ3) is 3.88. The van der Waals surface area contributed by atoms with E-state index in [9.17, 15) is 0 Å². The Balaban J connectivity index is 2.05. The maximum atomic E-state index is 5.30. The van der Waals surface area contributed by atoms with Gasteiger partial charge in [0.2, 0.25) is 0 Å². The van der Waals surface area contributed by atoms with Crippen LogP contribution in [0.4, 0.5) is 0 Å². The second kappa shape index (κ2) is 7.17. The molecule has 1 N–H and O–H groups in total. The van der Waals surface area contributed by atoms with Crippen LogP contribution in [0.3, 0.4) is 0 Å². The summed E-state index contributed by atoms with van der Waals surface area (Å²) in [6.45, 7) is 1.19. The van der Waals surface area contributed by atoms with Gasteiger partial charge in [-0.25, -0.2) is 0 Å². The maximum absolute atomic E-state index is 5.30. The molecule has 1 fully saturated rings. The first kappa shape index (κ1) is 14.7. The highest BCUT2D eigenvalue weighted by Gasteiger charge is 2.27. The highest BCUT2D eigenvalue weighted by Crippen LogP contribution is 2.21. The van der Waals surface area contributed by atoms with E-state index in [0.29, 0.717) is 12.1 Å². The van der Waals surface area contributed by atoms with E-state index in [1.165, 1.54) is 23.6 Å². The molecule has 4 heteroatoms. The first-order chi connectivity index (χ1) is 9.24. The largest absolute Gasteiger partial charge is 0.497 e. The SMILES string of the molecule is CNC(Cc1cccc(OC)c1)C1CSCCN1C. The van der Waals surface area contributed by atoms with Gasteiger partial charge in [-0.1, -0.05) is 12.1 Å². The second-order valence-electron chi connectivity index (χ2n) is 5.07. The van der Waals surface area contributed by atoms with Crippen molar-refractivity contribution in [3.05, 3.63) is 29.8 Å². The minimum Gasteiger partial charge on any atom is -0.497 e. The Kier molecular flexibility index (Phi) is 5.55. The zero-order valence-electron chi connectivity index (χ0n) is 12.1. The second-order valence-corrected chi connectivity index (χ2v) is 6.22. The summed E-state index contributed by atoms with van der Waals surface area (Å²) in [6, 6.07) is 9.49. The van der Waals surface area contributed by atoms with Gasteiger partial charge in [0.25, 0.3) is 0 Å². The van der Waals surface area contributed by atoms with Crippen LogP contribution >= 0.6 is 11.8 Å². The molecule has 106 valence electrons. The fourth-order valence-electron chi connectivity index (χ4n) is 2.61. The predicted octanol–water partition coefficient (Wildman–Crippen LogP) is 1.87. The van der Waals surface area contributed by atoms with E-state index in [4.69, 9.17) is 4.74 Å². The molecule has 1 aliphatic heterocycles. The van der Waals surface area contributed by atoms with Crippen LogP contribution in [0, 0.1) is 0 Å². The minimum atomic E-state index is 0.491. The Morgan fingerprint density at radius 3 is 3.05 bits per heavy atom. The van der Waals surface area contributed by atoms with Crippen LogP contribution in [0.15, 0.2) is 24.3 Å². The lowest BCUT2D eigenvalue weighted by molar-refractivity contribution is 0.219. The Hall–Kier alpha value is -0.710. The van der Waals surface area contributed by atoms with Crippen molar-refractivity contribution in [1.29, 1.82) is 0 Å². The number of benzene rings is 1. The molecule has 1 heterocycles. The van der Waals surface area contributed by atoms with Gasteiger partial charge in [0, 0.05) is 30.1 Å². The number of thioether (sulfide) groups is 1. The molecule has 0 amide bonds. The zero-order valence-corrected chi connectivity index (χ0v) is 12.9. The fourth-order valence-corrected chi connectivity index (χ4v) is 3.92. The normalized spacial score (nSPS) is 22.2. The summed E-state index contributed by atoms with van der Waals surface area (Å²) in [5, 5.41) is 3.49. The molecule has 1 aromatic rings. The van der Waals surface area contributed by atoms with Gasteiger partial charge in [-0.05, 0) is 38.2 Å². The summed E-state index contributed by atoms with van der Waals surface area (Å²) in [5.41, 5.74) is 1.34. The van der Waals surface area contributed by atoms with Gasteiger partial charge in [0.1, 0.15) is 5.75 Å². The number of methoxy groups -OCH3 is 1. The minimum absolute atomic E-state index is 0.491. The summed E-state index contributed by atoms with van der Waals surface area (Å²) in [6.07, 6.45) is 1.04. The molecule has 1 saturated heterocycles. The van der Waals surface area contributed by atoms with Gasteiger partial charge in [-0.15, -0.1) is 0 Å². The molecular weight excluding hydrogens is 256 g/mol. The molecule has 0 saturated carbocycles. The van der Waals surface area contributed by atoms with Crippen molar-refractivity contribution < 1.29 is 4.74 Å². The molecule has 0 aliphatic carbocycles. The smallest absolute Gasteiger partial charge is 0.119 e. The first-order valence-electron chi connectivity index (χ1n) is 6.82. The summed E-state index contributed by atoms with van der Waals surface area (Å²) in [4.78, 5) is 2.48. The molecule has 2 unspecified atom stereocenters. The van der Waals surface area contributed by atoms with Crippen molar-refractivity contribution in [2.24, 2.45) is 0 Å². The number of likely N-dealkylation sites (N-methyl/N-ethyl adjacent to an activating group) is 2. The van der Waals surface area contributed by atoms with Gasteiger partial charge in [0.15, 0.2) is 0 Å². The third-order valence-electron chi connectivity index (χ3n) is 3.87.